The maximum absolute atomic E-state index is 13.4. The van der Waals surface area contributed by atoms with Crippen LogP contribution in [0.25, 0.3) is 0 Å². The molecule has 0 fully saturated rings. The van der Waals surface area contributed by atoms with Crippen LogP contribution in [-0.4, -0.2) is 6.16 Å². The second kappa shape index (κ2) is 11.4. The second-order valence-corrected chi connectivity index (χ2v) is 9.33. The molecule has 3 nitrogen and oxygen atoms in total. The summed E-state index contributed by atoms with van der Waals surface area (Å²) in [6.45, 7) is 6.94. The molecule has 0 unspecified atom stereocenters. The van der Waals surface area contributed by atoms with Crippen molar-refractivity contribution in [3.63, 3.8) is 0 Å². The Morgan fingerprint density at radius 1 is 0.741 bits per heavy atom. The molecule has 0 aliphatic heterocycles. The first-order chi connectivity index (χ1) is 13.0. The summed E-state index contributed by atoms with van der Waals surface area (Å²) in [7, 11) is -3.14. The smallest absolute Gasteiger partial charge is 0.304 e. The molecule has 2 aromatic carbocycles. The van der Waals surface area contributed by atoms with Crippen LogP contribution < -0.4 is 0 Å². The highest BCUT2D eigenvalue weighted by Crippen LogP contribution is 2.50. The van der Waals surface area contributed by atoms with Crippen LogP contribution in [-0.2, 0) is 26.8 Å². The lowest BCUT2D eigenvalue weighted by molar-refractivity contribution is 0.190. The molecule has 0 heterocycles. The van der Waals surface area contributed by atoms with Gasteiger partial charge in [-0.1, -0.05) is 81.1 Å². The van der Waals surface area contributed by atoms with Crippen LogP contribution in [0.4, 0.5) is 0 Å². The number of rotatable bonds is 12. The van der Waals surface area contributed by atoms with Gasteiger partial charge >= 0.3 is 7.60 Å². The van der Waals surface area contributed by atoms with Gasteiger partial charge in [-0.2, -0.15) is 0 Å². The molecule has 0 radical (unpaired) electrons. The van der Waals surface area contributed by atoms with Gasteiger partial charge < -0.3 is 9.05 Å². The molecule has 0 aromatic heterocycles. The van der Waals surface area contributed by atoms with E-state index in [4.69, 9.17) is 9.05 Å². The van der Waals surface area contributed by atoms with E-state index < -0.39 is 7.60 Å². The van der Waals surface area contributed by atoms with E-state index in [1.54, 1.807) is 0 Å². The summed E-state index contributed by atoms with van der Waals surface area (Å²) in [5.41, 5.74) is 4.41. The second-order valence-electron chi connectivity index (χ2n) is 7.15. The van der Waals surface area contributed by atoms with E-state index in [-0.39, 0.29) is 0 Å². The highest BCUT2D eigenvalue weighted by Gasteiger charge is 2.25. The fourth-order valence-electron chi connectivity index (χ4n) is 2.96. The molecule has 0 amide bonds. The molecule has 0 spiro atoms. The molecule has 27 heavy (non-hydrogen) atoms. The fraction of sp³-hybridized carbons (Fsp3) is 0.478. The van der Waals surface area contributed by atoms with Crippen LogP contribution in [0.15, 0.2) is 48.5 Å². The van der Waals surface area contributed by atoms with Crippen LogP contribution in [0.5, 0.6) is 0 Å². The third kappa shape index (κ3) is 7.62. The number of unbranched alkanes of at least 4 members (excludes halogenated alkanes) is 4. The summed E-state index contributed by atoms with van der Waals surface area (Å²) >= 11 is 0. The first kappa shape index (κ1) is 21.9. The van der Waals surface area contributed by atoms with Gasteiger partial charge in [0.2, 0.25) is 0 Å². The summed E-state index contributed by atoms with van der Waals surface area (Å²) in [6.07, 6.45) is 6.02. The van der Waals surface area contributed by atoms with Gasteiger partial charge in [-0.05, 0) is 42.5 Å². The third-order valence-corrected chi connectivity index (χ3v) is 6.80. The number of hydrogen-bond acceptors (Lipinski definition) is 3. The van der Waals surface area contributed by atoms with Crippen molar-refractivity contribution < 1.29 is 13.6 Å². The van der Waals surface area contributed by atoms with Crippen molar-refractivity contribution in [2.45, 2.75) is 66.1 Å². The average molecular weight is 388 g/mol. The molecular weight excluding hydrogens is 355 g/mol. The Kier molecular flexibility index (Phi) is 9.27. The third-order valence-electron chi connectivity index (χ3n) is 4.89. The van der Waals surface area contributed by atoms with Crippen LogP contribution in [0.1, 0.15) is 61.3 Å². The quantitative estimate of drug-likeness (QED) is 0.285. The Balaban J connectivity index is 1.99. The van der Waals surface area contributed by atoms with E-state index in [1.807, 2.05) is 62.4 Å². The standard InChI is InChI=1S/C23H33O3P/c1-4-5-6-7-12-17-27(24,25-18-22-15-10-8-13-20(22)2)26-19-23-16-11-9-14-21(23)3/h8-11,13-16H,4-7,12,17-19H2,1-3H3. The summed E-state index contributed by atoms with van der Waals surface area (Å²) < 4.78 is 25.2. The summed E-state index contributed by atoms with van der Waals surface area (Å²) in [6, 6.07) is 16.1. The highest BCUT2D eigenvalue weighted by atomic mass is 31.2. The van der Waals surface area contributed by atoms with Crippen molar-refractivity contribution in [3.8, 4) is 0 Å². The summed E-state index contributed by atoms with van der Waals surface area (Å²) in [4.78, 5) is 0. The molecule has 0 saturated carbocycles. The fourth-order valence-corrected chi connectivity index (χ4v) is 4.57. The molecule has 0 saturated heterocycles. The maximum atomic E-state index is 13.4. The van der Waals surface area contributed by atoms with Crippen molar-refractivity contribution in [2.24, 2.45) is 0 Å². The average Bonchev–Trinajstić information content (AvgIpc) is 2.67. The monoisotopic (exact) mass is 388 g/mol. The van der Waals surface area contributed by atoms with E-state index >= 15 is 0 Å². The van der Waals surface area contributed by atoms with Gasteiger partial charge in [-0.25, -0.2) is 0 Å². The van der Waals surface area contributed by atoms with Crippen molar-refractivity contribution >= 4 is 7.60 Å². The predicted octanol–water partition coefficient (Wildman–Crippen LogP) is 7.20. The van der Waals surface area contributed by atoms with Crippen LogP contribution >= 0.6 is 7.60 Å². The first-order valence-electron chi connectivity index (χ1n) is 10.0. The van der Waals surface area contributed by atoms with Gasteiger partial charge in [0.25, 0.3) is 0 Å². The topological polar surface area (TPSA) is 35.5 Å². The molecule has 0 N–H and O–H groups in total. The molecule has 2 aromatic rings. The Labute approximate surface area is 164 Å². The summed E-state index contributed by atoms with van der Waals surface area (Å²) in [5, 5.41) is 0. The number of hydrogen-bond donors (Lipinski definition) is 0. The van der Waals surface area contributed by atoms with Crippen LogP contribution in [0.2, 0.25) is 0 Å². The van der Waals surface area contributed by atoms with E-state index in [9.17, 15) is 4.57 Å². The first-order valence-corrected chi connectivity index (χ1v) is 11.7. The highest BCUT2D eigenvalue weighted by molar-refractivity contribution is 7.53. The zero-order chi connectivity index (χ0) is 19.5. The summed E-state index contributed by atoms with van der Waals surface area (Å²) in [5.74, 6) is 0. The molecular formula is C23H33O3P. The molecule has 2 rings (SSSR count). The maximum Gasteiger partial charge on any atom is 0.331 e. The number of benzene rings is 2. The van der Waals surface area contributed by atoms with Crippen LogP contribution in [0, 0.1) is 13.8 Å². The SMILES string of the molecule is CCCCCCCP(=O)(OCc1ccccc1C)OCc1ccccc1C. The van der Waals surface area contributed by atoms with Gasteiger partial charge in [0.15, 0.2) is 0 Å². The lowest BCUT2D eigenvalue weighted by atomic mass is 10.1. The molecule has 0 aliphatic rings. The largest absolute Gasteiger partial charge is 0.331 e. The van der Waals surface area contributed by atoms with E-state index in [1.165, 1.54) is 19.3 Å². The molecule has 0 bridgehead atoms. The van der Waals surface area contributed by atoms with Crippen LogP contribution in [0.3, 0.4) is 0 Å². The Morgan fingerprint density at radius 3 is 1.70 bits per heavy atom. The van der Waals surface area contributed by atoms with Crippen molar-refractivity contribution in [1.29, 1.82) is 0 Å². The zero-order valence-corrected chi connectivity index (χ0v) is 17.8. The minimum atomic E-state index is -3.14. The Bertz CT molecular complexity index is 688. The van der Waals surface area contributed by atoms with Gasteiger partial charge in [-0.3, -0.25) is 4.57 Å². The minimum absolute atomic E-state index is 0.326. The van der Waals surface area contributed by atoms with Crippen molar-refractivity contribution in [2.75, 3.05) is 6.16 Å². The Hall–Kier alpha value is -1.41. The van der Waals surface area contributed by atoms with Crippen molar-refractivity contribution in [1.82, 2.24) is 0 Å². The lowest BCUT2D eigenvalue weighted by Crippen LogP contribution is -2.03. The molecule has 148 valence electrons. The predicted molar refractivity (Wildman–Crippen MR) is 113 cm³/mol. The van der Waals surface area contributed by atoms with E-state index in [0.717, 1.165) is 35.1 Å². The van der Waals surface area contributed by atoms with E-state index in [0.29, 0.717) is 19.4 Å². The van der Waals surface area contributed by atoms with E-state index in [2.05, 4.69) is 6.92 Å². The van der Waals surface area contributed by atoms with Gasteiger partial charge in [-0.15, -0.1) is 0 Å². The van der Waals surface area contributed by atoms with Crippen molar-refractivity contribution in [3.05, 3.63) is 70.8 Å². The minimum Gasteiger partial charge on any atom is -0.304 e. The van der Waals surface area contributed by atoms with Gasteiger partial charge in [0, 0.05) is 0 Å². The Morgan fingerprint density at radius 2 is 1.22 bits per heavy atom. The van der Waals surface area contributed by atoms with Gasteiger partial charge in [0.05, 0.1) is 19.4 Å². The lowest BCUT2D eigenvalue weighted by Gasteiger charge is -2.20. The molecule has 0 atom stereocenters. The molecule has 0 aliphatic carbocycles. The van der Waals surface area contributed by atoms with Gasteiger partial charge in [0.1, 0.15) is 0 Å². The molecule has 4 heteroatoms. The zero-order valence-electron chi connectivity index (χ0n) is 16.9. The number of aryl methyl sites for hydroxylation is 2. The normalized spacial score (nSPS) is 11.7.